The maximum absolute atomic E-state index is 12.7. The number of imide groups is 1. The lowest BCUT2D eigenvalue weighted by atomic mass is 10.1. The Morgan fingerprint density at radius 2 is 1.85 bits per heavy atom. The van der Waals surface area contributed by atoms with Gasteiger partial charge in [-0.25, -0.2) is 4.79 Å². The van der Waals surface area contributed by atoms with Crippen LogP contribution in [-0.4, -0.2) is 60.2 Å². The number of nitrogens with zero attached hydrogens (tertiary/aromatic N) is 1. The average Bonchev–Trinajstić information content (AvgIpc) is 3.40. The van der Waals surface area contributed by atoms with Gasteiger partial charge in [0.05, 0.1) is 29.3 Å². The van der Waals surface area contributed by atoms with Crippen molar-refractivity contribution in [3.05, 3.63) is 64.7 Å². The molecule has 2 aromatic carbocycles. The molecule has 1 saturated heterocycles. The van der Waals surface area contributed by atoms with Crippen LogP contribution in [0.4, 0.5) is 5.69 Å². The van der Waals surface area contributed by atoms with Crippen LogP contribution in [0.1, 0.15) is 61.2 Å². The zero-order valence-corrected chi connectivity index (χ0v) is 18.0. The number of fused-ring (bicyclic) bond motifs is 1. The first kappa shape index (κ1) is 22.3. The van der Waals surface area contributed by atoms with Crippen LogP contribution >= 0.6 is 0 Å². The number of nitrogens with one attached hydrogen (secondary N) is 1. The standard InChI is InChI=1S/C24H22N2O7/c1-14(27)15-4-2-5-17(10-15)25-21(28)13-33-24(31)16-7-8-19-20(11-16)23(30)26(22(19)29)12-18-6-3-9-32-18/h2,4-5,7-8,10-11,18H,3,6,9,12-13H2,1H3,(H,25,28)/t18-/m1/s1. The van der Waals surface area contributed by atoms with Gasteiger partial charge >= 0.3 is 5.97 Å². The lowest BCUT2D eigenvalue weighted by Gasteiger charge is -2.17. The molecule has 0 bridgehead atoms. The predicted octanol–water partition coefficient (Wildman–Crippen LogP) is 2.46. The maximum atomic E-state index is 12.7. The predicted molar refractivity (Wildman–Crippen MR) is 116 cm³/mol. The van der Waals surface area contributed by atoms with Crippen molar-refractivity contribution in [1.29, 1.82) is 0 Å². The van der Waals surface area contributed by atoms with Crippen molar-refractivity contribution in [3.63, 3.8) is 0 Å². The fraction of sp³-hybridized carbons (Fsp3) is 0.292. The van der Waals surface area contributed by atoms with E-state index in [0.29, 0.717) is 17.9 Å². The van der Waals surface area contributed by atoms with Crippen molar-refractivity contribution in [2.75, 3.05) is 25.1 Å². The molecule has 1 fully saturated rings. The molecule has 2 aliphatic heterocycles. The molecule has 0 spiro atoms. The molecule has 0 unspecified atom stereocenters. The number of anilines is 1. The van der Waals surface area contributed by atoms with Crippen LogP contribution in [0.15, 0.2) is 42.5 Å². The van der Waals surface area contributed by atoms with Crippen molar-refractivity contribution in [2.24, 2.45) is 0 Å². The number of hydrogen-bond donors (Lipinski definition) is 1. The van der Waals surface area contributed by atoms with E-state index in [1.54, 1.807) is 18.2 Å². The van der Waals surface area contributed by atoms with Gasteiger partial charge in [0, 0.05) is 17.9 Å². The van der Waals surface area contributed by atoms with Crippen molar-refractivity contribution in [1.82, 2.24) is 4.90 Å². The van der Waals surface area contributed by atoms with E-state index in [-0.39, 0.29) is 35.1 Å². The fourth-order valence-corrected chi connectivity index (χ4v) is 3.80. The Kier molecular flexibility index (Phi) is 6.32. The number of carbonyl (C=O) groups is 5. The highest BCUT2D eigenvalue weighted by Gasteiger charge is 2.38. The van der Waals surface area contributed by atoms with Crippen LogP contribution in [0.5, 0.6) is 0 Å². The summed E-state index contributed by atoms with van der Waals surface area (Å²) in [6, 6.07) is 10.5. The molecule has 2 heterocycles. The Morgan fingerprint density at radius 1 is 1.06 bits per heavy atom. The summed E-state index contributed by atoms with van der Waals surface area (Å²) in [7, 11) is 0. The summed E-state index contributed by atoms with van der Waals surface area (Å²) < 4.78 is 10.6. The summed E-state index contributed by atoms with van der Waals surface area (Å²) in [5.41, 5.74) is 1.24. The second-order valence-corrected chi connectivity index (χ2v) is 7.88. The van der Waals surface area contributed by atoms with Gasteiger partial charge in [0.15, 0.2) is 12.4 Å². The van der Waals surface area contributed by atoms with Gasteiger partial charge in [0.1, 0.15) is 0 Å². The SMILES string of the molecule is CC(=O)c1cccc(NC(=O)COC(=O)c2ccc3c(c2)C(=O)N(C[C@H]2CCCO2)C3=O)c1. The Balaban J connectivity index is 1.37. The number of amides is 3. The molecule has 0 aromatic heterocycles. The van der Waals surface area contributed by atoms with Gasteiger partial charge in [-0.1, -0.05) is 12.1 Å². The highest BCUT2D eigenvalue weighted by atomic mass is 16.5. The number of esters is 1. The van der Waals surface area contributed by atoms with E-state index in [4.69, 9.17) is 9.47 Å². The molecule has 3 amide bonds. The normalized spacial score (nSPS) is 17.1. The minimum absolute atomic E-state index is 0.0558. The first-order chi connectivity index (χ1) is 15.8. The van der Waals surface area contributed by atoms with Crippen molar-refractivity contribution in [2.45, 2.75) is 25.9 Å². The van der Waals surface area contributed by atoms with Crippen LogP contribution in [0.2, 0.25) is 0 Å². The van der Waals surface area contributed by atoms with Crippen LogP contribution in [0.3, 0.4) is 0 Å². The number of Topliss-reactive ketones (excluding diaryl/α,β-unsaturated/α-hetero) is 1. The quantitative estimate of drug-likeness (QED) is 0.391. The minimum Gasteiger partial charge on any atom is -0.452 e. The average molecular weight is 450 g/mol. The van der Waals surface area contributed by atoms with E-state index in [9.17, 15) is 24.0 Å². The van der Waals surface area contributed by atoms with Crippen LogP contribution < -0.4 is 5.32 Å². The third-order valence-corrected chi connectivity index (χ3v) is 5.50. The Labute approximate surface area is 189 Å². The number of ketones is 1. The topological polar surface area (TPSA) is 119 Å². The molecule has 170 valence electrons. The van der Waals surface area contributed by atoms with Crippen molar-refractivity contribution in [3.8, 4) is 0 Å². The first-order valence-electron chi connectivity index (χ1n) is 10.5. The van der Waals surface area contributed by atoms with E-state index in [1.807, 2.05) is 0 Å². The van der Waals surface area contributed by atoms with Gasteiger partial charge in [-0.15, -0.1) is 0 Å². The Bertz CT molecular complexity index is 1150. The highest BCUT2D eigenvalue weighted by Crippen LogP contribution is 2.26. The van der Waals surface area contributed by atoms with Crippen LogP contribution in [-0.2, 0) is 14.3 Å². The highest BCUT2D eigenvalue weighted by molar-refractivity contribution is 6.22. The summed E-state index contributed by atoms with van der Waals surface area (Å²) >= 11 is 0. The summed E-state index contributed by atoms with van der Waals surface area (Å²) in [5.74, 6) is -2.43. The van der Waals surface area contributed by atoms with Gasteiger partial charge in [0.2, 0.25) is 0 Å². The lowest BCUT2D eigenvalue weighted by Crippen LogP contribution is -2.36. The molecular formula is C24H22N2O7. The van der Waals surface area contributed by atoms with E-state index in [2.05, 4.69) is 5.32 Å². The van der Waals surface area contributed by atoms with Crippen molar-refractivity contribution >= 4 is 35.2 Å². The molecule has 2 aromatic rings. The zero-order chi connectivity index (χ0) is 23.5. The molecule has 33 heavy (non-hydrogen) atoms. The second-order valence-electron chi connectivity index (χ2n) is 7.88. The lowest BCUT2D eigenvalue weighted by molar-refractivity contribution is -0.119. The largest absolute Gasteiger partial charge is 0.452 e. The molecule has 1 N–H and O–H groups in total. The van der Waals surface area contributed by atoms with Gasteiger partial charge in [-0.2, -0.15) is 0 Å². The molecule has 0 saturated carbocycles. The van der Waals surface area contributed by atoms with Gasteiger partial charge in [0.25, 0.3) is 17.7 Å². The third kappa shape index (κ3) is 4.83. The molecule has 4 rings (SSSR count). The maximum Gasteiger partial charge on any atom is 0.338 e. The summed E-state index contributed by atoms with van der Waals surface area (Å²) in [6.45, 7) is 1.65. The molecular weight excluding hydrogens is 428 g/mol. The number of benzene rings is 2. The minimum atomic E-state index is -0.803. The Morgan fingerprint density at radius 3 is 2.58 bits per heavy atom. The van der Waals surface area contributed by atoms with E-state index in [1.165, 1.54) is 31.2 Å². The number of carbonyl (C=O) groups excluding carboxylic acids is 5. The molecule has 0 radical (unpaired) electrons. The molecule has 1 atom stereocenters. The van der Waals surface area contributed by atoms with Crippen LogP contribution in [0, 0.1) is 0 Å². The van der Waals surface area contributed by atoms with Gasteiger partial charge in [-0.05, 0) is 50.1 Å². The van der Waals surface area contributed by atoms with E-state index < -0.39 is 30.3 Å². The van der Waals surface area contributed by atoms with Gasteiger partial charge in [-0.3, -0.25) is 24.1 Å². The van der Waals surface area contributed by atoms with Crippen LogP contribution in [0.25, 0.3) is 0 Å². The first-order valence-corrected chi connectivity index (χ1v) is 10.5. The summed E-state index contributed by atoms with van der Waals surface area (Å²) in [4.78, 5) is 62.4. The third-order valence-electron chi connectivity index (χ3n) is 5.50. The molecule has 9 nitrogen and oxygen atoms in total. The van der Waals surface area contributed by atoms with Crippen molar-refractivity contribution < 1.29 is 33.4 Å². The Hall–Kier alpha value is -3.85. The van der Waals surface area contributed by atoms with E-state index >= 15 is 0 Å². The monoisotopic (exact) mass is 450 g/mol. The summed E-state index contributed by atoms with van der Waals surface area (Å²) in [5, 5.41) is 2.55. The summed E-state index contributed by atoms with van der Waals surface area (Å²) in [6.07, 6.45) is 1.50. The number of hydrogen-bond acceptors (Lipinski definition) is 7. The smallest absolute Gasteiger partial charge is 0.338 e. The number of ether oxygens (including phenoxy) is 2. The molecule has 0 aliphatic carbocycles. The van der Waals surface area contributed by atoms with E-state index in [0.717, 1.165) is 17.7 Å². The number of rotatable bonds is 7. The van der Waals surface area contributed by atoms with Gasteiger partial charge < -0.3 is 14.8 Å². The molecule has 9 heteroatoms. The zero-order valence-electron chi connectivity index (χ0n) is 18.0. The molecule has 2 aliphatic rings. The fourth-order valence-electron chi connectivity index (χ4n) is 3.80. The second kappa shape index (κ2) is 9.33.